The smallest absolute Gasteiger partial charge is 0.270 e. The van der Waals surface area contributed by atoms with E-state index in [0.29, 0.717) is 18.7 Å². The Balaban J connectivity index is 1.66. The van der Waals surface area contributed by atoms with Crippen molar-refractivity contribution in [3.8, 4) is 5.75 Å². The normalized spacial score (nSPS) is 10.9. The van der Waals surface area contributed by atoms with Crippen molar-refractivity contribution in [2.24, 2.45) is 0 Å². The number of hydrogen-bond donors (Lipinski definition) is 1. The van der Waals surface area contributed by atoms with E-state index < -0.39 is 4.92 Å². The van der Waals surface area contributed by atoms with Crippen LogP contribution in [-0.2, 0) is 18.8 Å². The Hall–Kier alpha value is -2.90. The van der Waals surface area contributed by atoms with Crippen molar-refractivity contribution in [1.82, 2.24) is 9.88 Å². The minimum absolute atomic E-state index is 0.0194. The summed E-state index contributed by atoms with van der Waals surface area (Å²) in [6.45, 7) is 1.79. The first-order chi connectivity index (χ1) is 14.1. The molecule has 0 radical (unpaired) electrons. The second kappa shape index (κ2) is 10.6. The van der Waals surface area contributed by atoms with Crippen molar-refractivity contribution >= 4 is 17.4 Å². The van der Waals surface area contributed by atoms with Crippen LogP contribution in [0.3, 0.4) is 0 Å². The van der Waals surface area contributed by atoms with Crippen molar-refractivity contribution in [2.45, 2.75) is 18.8 Å². The fourth-order valence-electron chi connectivity index (χ4n) is 2.95. The van der Waals surface area contributed by atoms with E-state index in [4.69, 9.17) is 0 Å². The summed E-state index contributed by atoms with van der Waals surface area (Å²) in [4.78, 5) is 17.2. The van der Waals surface area contributed by atoms with Gasteiger partial charge in [-0.3, -0.25) is 20.0 Å². The second-order valence-corrected chi connectivity index (χ2v) is 7.75. The number of aromatic nitrogens is 1. The van der Waals surface area contributed by atoms with Crippen LogP contribution in [0.1, 0.15) is 16.8 Å². The lowest BCUT2D eigenvalue weighted by Crippen LogP contribution is -2.26. The van der Waals surface area contributed by atoms with E-state index in [1.54, 1.807) is 6.20 Å². The predicted octanol–water partition coefficient (Wildman–Crippen LogP) is 4.63. The maximum Gasteiger partial charge on any atom is 0.270 e. The second-order valence-electron chi connectivity index (χ2n) is 6.64. The van der Waals surface area contributed by atoms with Crippen molar-refractivity contribution < 1.29 is 10.0 Å². The van der Waals surface area contributed by atoms with Crippen LogP contribution in [0.25, 0.3) is 0 Å². The van der Waals surface area contributed by atoms with Gasteiger partial charge in [0.1, 0.15) is 5.75 Å². The molecule has 0 saturated carbocycles. The number of nitro benzene ring substituents is 1. The largest absolute Gasteiger partial charge is 0.508 e. The van der Waals surface area contributed by atoms with E-state index >= 15 is 0 Å². The Bertz CT molecular complexity index is 923. The number of rotatable bonds is 10. The van der Waals surface area contributed by atoms with E-state index in [0.717, 1.165) is 23.7 Å². The topological polar surface area (TPSA) is 79.5 Å². The van der Waals surface area contributed by atoms with Gasteiger partial charge in [-0.05, 0) is 23.8 Å². The number of phenols is 1. The molecule has 0 unspecified atom stereocenters. The van der Waals surface area contributed by atoms with Crippen molar-refractivity contribution in [3.63, 3.8) is 0 Å². The number of nitrogens with zero attached hydrogens (tertiary/aromatic N) is 3. The zero-order valence-corrected chi connectivity index (χ0v) is 16.8. The number of aromatic hydroxyl groups is 1. The Morgan fingerprint density at radius 1 is 1.03 bits per heavy atom. The van der Waals surface area contributed by atoms with E-state index in [-0.39, 0.29) is 11.4 Å². The zero-order valence-electron chi connectivity index (χ0n) is 16.0. The molecule has 0 bridgehead atoms. The van der Waals surface area contributed by atoms with E-state index in [1.807, 2.05) is 48.2 Å². The standard InChI is InChI=1S/C22H23N3O3S/c26-22-10-9-21(25(27)28)14-19(22)15-24(16-20-8-4-5-11-23-20)12-13-29-17-18-6-2-1-3-7-18/h1-11,14,26H,12-13,15-17H2. The molecule has 1 N–H and O–H groups in total. The van der Waals surface area contributed by atoms with Crippen LogP contribution in [-0.4, -0.2) is 32.2 Å². The van der Waals surface area contributed by atoms with Gasteiger partial charge in [-0.25, -0.2) is 0 Å². The molecule has 6 nitrogen and oxygen atoms in total. The van der Waals surface area contributed by atoms with Gasteiger partial charge in [0.05, 0.1) is 10.6 Å². The van der Waals surface area contributed by atoms with Gasteiger partial charge in [-0.2, -0.15) is 11.8 Å². The van der Waals surface area contributed by atoms with Crippen LogP contribution in [0.5, 0.6) is 5.75 Å². The molecule has 150 valence electrons. The molecule has 0 spiro atoms. The SMILES string of the molecule is O=[N+]([O-])c1ccc(O)c(CN(CCSCc2ccccc2)Cc2ccccn2)c1. The first-order valence-corrected chi connectivity index (χ1v) is 10.5. The van der Waals surface area contributed by atoms with Gasteiger partial charge in [0, 0.05) is 55.0 Å². The molecule has 29 heavy (non-hydrogen) atoms. The molecule has 1 aromatic heterocycles. The quantitative estimate of drug-likeness (QED) is 0.299. The lowest BCUT2D eigenvalue weighted by molar-refractivity contribution is -0.385. The molecule has 2 aromatic carbocycles. The highest BCUT2D eigenvalue weighted by atomic mass is 32.2. The van der Waals surface area contributed by atoms with Crippen molar-refractivity contribution in [2.75, 3.05) is 12.3 Å². The first kappa shape index (κ1) is 20.8. The molecule has 0 aliphatic rings. The molecule has 7 heteroatoms. The van der Waals surface area contributed by atoms with Gasteiger partial charge >= 0.3 is 0 Å². The average Bonchev–Trinajstić information content (AvgIpc) is 2.74. The Morgan fingerprint density at radius 2 is 1.83 bits per heavy atom. The van der Waals surface area contributed by atoms with Gasteiger partial charge in [0.25, 0.3) is 5.69 Å². The Labute approximate surface area is 174 Å². The third-order valence-corrected chi connectivity index (χ3v) is 5.45. The van der Waals surface area contributed by atoms with Gasteiger partial charge in [-0.1, -0.05) is 36.4 Å². The highest BCUT2D eigenvalue weighted by Crippen LogP contribution is 2.25. The third-order valence-electron chi connectivity index (χ3n) is 4.44. The summed E-state index contributed by atoms with van der Waals surface area (Å²) >= 11 is 1.84. The number of nitro groups is 1. The molecule has 0 aliphatic carbocycles. The number of benzene rings is 2. The van der Waals surface area contributed by atoms with Crippen LogP contribution in [0.4, 0.5) is 5.69 Å². The minimum Gasteiger partial charge on any atom is -0.508 e. The molecule has 0 fully saturated rings. The molecule has 3 aromatic rings. The molecule has 3 rings (SSSR count). The molecule has 0 amide bonds. The zero-order chi connectivity index (χ0) is 20.5. The number of phenolic OH excluding ortho intramolecular Hbond substituents is 1. The van der Waals surface area contributed by atoms with Gasteiger partial charge in [0.2, 0.25) is 0 Å². The van der Waals surface area contributed by atoms with E-state index in [2.05, 4.69) is 22.0 Å². The van der Waals surface area contributed by atoms with Crippen LogP contribution in [0.15, 0.2) is 72.9 Å². The lowest BCUT2D eigenvalue weighted by atomic mass is 10.1. The van der Waals surface area contributed by atoms with E-state index in [9.17, 15) is 15.2 Å². The molecule has 1 heterocycles. The highest BCUT2D eigenvalue weighted by molar-refractivity contribution is 7.98. The average molecular weight is 410 g/mol. The highest BCUT2D eigenvalue weighted by Gasteiger charge is 2.15. The van der Waals surface area contributed by atoms with Crippen molar-refractivity contribution in [1.29, 1.82) is 0 Å². The summed E-state index contributed by atoms with van der Waals surface area (Å²) in [5.74, 6) is 1.90. The molecular weight excluding hydrogens is 386 g/mol. The maximum atomic E-state index is 11.1. The van der Waals surface area contributed by atoms with E-state index in [1.165, 1.54) is 23.8 Å². The van der Waals surface area contributed by atoms with Gasteiger partial charge in [-0.15, -0.1) is 0 Å². The summed E-state index contributed by atoms with van der Waals surface area (Å²) in [6, 6.07) is 20.2. The summed E-state index contributed by atoms with van der Waals surface area (Å²) in [6.07, 6.45) is 1.75. The molecule has 0 aliphatic heterocycles. The van der Waals surface area contributed by atoms with Crippen LogP contribution in [0, 0.1) is 10.1 Å². The van der Waals surface area contributed by atoms with Crippen LogP contribution >= 0.6 is 11.8 Å². The third kappa shape index (κ3) is 6.58. The van der Waals surface area contributed by atoms with Crippen LogP contribution < -0.4 is 0 Å². The Morgan fingerprint density at radius 3 is 2.55 bits per heavy atom. The molecular formula is C22H23N3O3S. The monoisotopic (exact) mass is 409 g/mol. The number of non-ortho nitro benzene ring substituents is 1. The summed E-state index contributed by atoms with van der Waals surface area (Å²) in [5, 5.41) is 21.3. The van der Waals surface area contributed by atoms with Gasteiger partial charge < -0.3 is 5.11 Å². The van der Waals surface area contributed by atoms with Crippen LogP contribution in [0.2, 0.25) is 0 Å². The summed E-state index contributed by atoms with van der Waals surface area (Å²) < 4.78 is 0. The minimum atomic E-state index is -0.443. The summed E-state index contributed by atoms with van der Waals surface area (Å²) in [5.41, 5.74) is 2.73. The molecule has 0 saturated heterocycles. The number of thioether (sulfide) groups is 1. The van der Waals surface area contributed by atoms with Gasteiger partial charge in [0.15, 0.2) is 0 Å². The maximum absolute atomic E-state index is 11.1. The fraction of sp³-hybridized carbons (Fsp3) is 0.227. The fourth-order valence-corrected chi connectivity index (χ4v) is 3.91. The predicted molar refractivity (Wildman–Crippen MR) is 116 cm³/mol. The van der Waals surface area contributed by atoms with Crippen molar-refractivity contribution in [3.05, 3.63) is 99.9 Å². The summed E-state index contributed by atoms with van der Waals surface area (Å²) in [7, 11) is 0. The first-order valence-electron chi connectivity index (χ1n) is 9.32. The number of hydrogen-bond acceptors (Lipinski definition) is 6. The Kier molecular flexibility index (Phi) is 7.61. The lowest BCUT2D eigenvalue weighted by Gasteiger charge is -2.22. The molecule has 0 atom stereocenters. The number of pyridine rings is 1.